The molecule has 1 heterocycles. The van der Waals surface area contributed by atoms with Gasteiger partial charge in [0.2, 0.25) is 0 Å². The van der Waals surface area contributed by atoms with Gasteiger partial charge < -0.3 is 9.47 Å². The Labute approximate surface area is 93.7 Å². The molecule has 0 radical (unpaired) electrons. The zero-order valence-corrected chi connectivity index (χ0v) is 10.2. The summed E-state index contributed by atoms with van der Waals surface area (Å²) < 4.78 is 10.4. The molecule has 0 amide bonds. The largest absolute Gasteiger partial charge is 0.463 e. The van der Waals surface area contributed by atoms with Crippen molar-refractivity contribution in [2.75, 3.05) is 6.61 Å². The van der Waals surface area contributed by atoms with Crippen molar-refractivity contribution < 1.29 is 9.47 Å². The van der Waals surface area contributed by atoms with Crippen molar-refractivity contribution in [3.8, 4) is 0 Å². The molecule has 0 saturated heterocycles. The van der Waals surface area contributed by atoms with E-state index in [0.29, 0.717) is 0 Å². The van der Waals surface area contributed by atoms with Gasteiger partial charge in [-0.05, 0) is 6.42 Å². The van der Waals surface area contributed by atoms with Crippen LogP contribution >= 0.6 is 0 Å². The van der Waals surface area contributed by atoms with Gasteiger partial charge in [-0.3, -0.25) is 0 Å². The summed E-state index contributed by atoms with van der Waals surface area (Å²) in [5.41, 5.74) is 0. The van der Waals surface area contributed by atoms with Crippen molar-refractivity contribution in [1.82, 2.24) is 0 Å². The Morgan fingerprint density at radius 1 is 0.933 bits per heavy atom. The molecule has 0 aromatic carbocycles. The molecule has 0 bridgehead atoms. The summed E-state index contributed by atoms with van der Waals surface area (Å²) >= 11 is 0. The van der Waals surface area contributed by atoms with E-state index in [1.165, 1.54) is 44.9 Å². The van der Waals surface area contributed by atoms with Gasteiger partial charge in [0.25, 0.3) is 0 Å². The highest BCUT2D eigenvalue weighted by atomic mass is 16.7. The molecular formula is C13H24O2. The highest BCUT2D eigenvalue weighted by Gasteiger charge is 2.21. The molecular weight excluding hydrogens is 188 g/mol. The Morgan fingerprint density at radius 3 is 2.00 bits per heavy atom. The minimum absolute atomic E-state index is 0.762. The standard InChI is InChI=1S/C13H24O2/c1-3-4-5-6-7-8-9-10-11-14-13-12(2)15-13/h3-11H2,1-2H3. The average Bonchev–Trinajstić information content (AvgIpc) is 2.92. The van der Waals surface area contributed by atoms with Crippen LogP contribution in [0.1, 0.15) is 65.2 Å². The molecule has 88 valence electrons. The summed E-state index contributed by atoms with van der Waals surface area (Å²) in [5.74, 6) is 1.72. The molecule has 0 unspecified atom stereocenters. The van der Waals surface area contributed by atoms with E-state index >= 15 is 0 Å². The molecule has 0 spiro atoms. The fourth-order valence-corrected chi connectivity index (χ4v) is 1.65. The molecule has 1 aliphatic rings. The first kappa shape index (κ1) is 12.4. The summed E-state index contributed by atoms with van der Waals surface area (Å²) in [7, 11) is 0. The van der Waals surface area contributed by atoms with Crippen molar-refractivity contribution in [2.24, 2.45) is 0 Å². The third-order valence-electron chi connectivity index (χ3n) is 2.72. The quantitative estimate of drug-likeness (QED) is 0.502. The van der Waals surface area contributed by atoms with Crippen LogP contribution < -0.4 is 0 Å². The normalized spacial score (nSPS) is 14.0. The molecule has 15 heavy (non-hydrogen) atoms. The Balaban J connectivity index is 1.70. The maximum atomic E-state index is 5.37. The third-order valence-corrected chi connectivity index (χ3v) is 2.72. The first-order valence-corrected chi connectivity index (χ1v) is 6.36. The average molecular weight is 212 g/mol. The minimum atomic E-state index is 0.762. The van der Waals surface area contributed by atoms with E-state index < -0.39 is 0 Å². The summed E-state index contributed by atoms with van der Waals surface area (Å²) in [4.78, 5) is 0. The number of allylic oxidation sites excluding steroid dienone is 1. The third kappa shape index (κ3) is 6.43. The molecule has 2 nitrogen and oxygen atoms in total. The van der Waals surface area contributed by atoms with Gasteiger partial charge in [0.1, 0.15) is 0 Å². The van der Waals surface area contributed by atoms with Crippen LogP contribution in [0, 0.1) is 0 Å². The molecule has 0 fully saturated rings. The van der Waals surface area contributed by atoms with E-state index in [4.69, 9.17) is 9.47 Å². The van der Waals surface area contributed by atoms with Crippen LogP contribution in [0.4, 0.5) is 0 Å². The van der Waals surface area contributed by atoms with E-state index in [1.54, 1.807) is 0 Å². The van der Waals surface area contributed by atoms with Crippen LogP contribution in [0.3, 0.4) is 0 Å². The predicted molar refractivity (Wildman–Crippen MR) is 62.3 cm³/mol. The lowest BCUT2D eigenvalue weighted by atomic mass is 10.1. The van der Waals surface area contributed by atoms with Crippen LogP contribution in [-0.2, 0) is 9.47 Å². The summed E-state index contributed by atoms with van der Waals surface area (Å²) in [5, 5.41) is 0. The second-order valence-electron chi connectivity index (χ2n) is 4.27. The highest BCUT2D eigenvalue weighted by molar-refractivity contribution is 5.07. The van der Waals surface area contributed by atoms with Crippen molar-refractivity contribution in [3.63, 3.8) is 0 Å². The molecule has 0 aromatic rings. The number of hydrogen-bond donors (Lipinski definition) is 0. The van der Waals surface area contributed by atoms with E-state index in [1.807, 2.05) is 6.92 Å². The molecule has 0 saturated carbocycles. The van der Waals surface area contributed by atoms with Crippen LogP contribution in [0.25, 0.3) is 0 Å². The molecule has 2 heteroatoms. The first-order valence-electron chi connectivity index (χ1n) is 6.36. The second-order valence-corrected chi connectivity index (χ2v) is 4.27. The maximum Gasteiger partial charge on any atom is 0.324 e. The van der Waals surface area contributed by atoms with Gasteiger partial charge in [0, 0.05) is 6.92 Å². The predicted octanol–water partition coefficient (Wildman–Crippen LogP) is 4.36. The van der Waals surface area contributed by atoms with Crippen LogP contribution in [0.2, 0.25) is 0 Å². The van der Waals surface area contributed by atoms with Gasteiger partial charge in [-0.1, -0.05) is 51.9 Å². The fourth-order valence-electron chi connectivity index (χ4n) is 1.65. The number of rotatable bonds is 10. The topological polar surface area (TPSA) is 21.8 Å². The summed E-state index contributed by atoms with van der Waals surface area (Å²) in [6.07, 6.45) is 10.7. The monoisotopic (exact) mass is 212 g/mol. The summed E-state index contributed by atoms with van der Waals surface area (Å²) in [6, 6.07) is 0. The SMILES string of the molecule is CCCCCCCCCCOC1=C(C)O1. The van der Waals surface area contributed by atoms with E-state index in [0.717, 1.165) is 24.7 Å². The van der Waals surface area contributed by atoms with Gasteiger partial charge in [-0.2, -0.15) is 0 Å². The minimum Gasteiger partial charge on any atom is -0.463 e. The molecule has 0 aliphatic carbocycles. The van der Waals surface area contributed by atoms with Crippen molar-refractivity contribution in [1.29, 1.82) is 0 Å². The lowest BCUT2D eigenvalue weighted by Gasteiger charge is -2.01. The van der Waals surface area contributed by atoms with Crippen LogP contribution in [-0.4, -0.2) is 6.61 Å². The fraction of sp³-hybridized carbons (Fsp3) is 0.846. The van der Waals surface area contributed by atoms with Crippen LogP contribution in [0.15, 0.2) is 11.7 Å². The molecule has 1 aliphatic heterocycles. The van der Waals surface area contributed by atoms with Gasteiger partial charge in [0.05, 0.1) is 6.61 Å². The number of hydrogen-bond acceptors (Lipinski definition) is 2. The van der Waals surface area contributed by atoms with E-state index in [9.17, 15) is 0 Å². The summed E-state index contributed by atoms with van der Waals surface area (Å²) in [6.45, 7) is 5.01. The van der Waals surface area contributed by atoms with Crippen molar-refractivity contribution in [3.05, 3.63) is 11.7 Å². The zero-order valence-electron chi connectivity index (χ0n) is 10.2. The molecule has 0 aromatic heterocycles. The molecule has 0 N–H and O–H groups in total. The first-order chi connectivity index (χ1) is 7.34. The lowest BCUT2D eigenvalue weighted by molar-refractivity contribution is 0.149. The van der Waals surface area contributed by atoms with Gasteiger partial charge in [-0.15, -0.1) is 0 Å². The van der Waals surface area contributed by atoms with Crippen molar-refractivity contribution >= 4 is 0 Å². The molecule has 1 rings (SSSR count). The zero-order chi connectivity index (χ0) is 10.9. The maximum absolute atomic E-state index is 5.37. The van der Waals surface area contributed by atoms with E-state index in [2.05, 4.69) is 6.92 Å². The Hall–Kier alpha value is -0.660. The number of unbranched alkanes of at least 4 members (excludes halogenated alkanes) is 7. The van der Waals surface area contributed by atoms with E-state index in [-0.39, 0.29) is 0 Å². The van der Waals surface area contributed by atoms with Gasteiger partial charge in [0.15, 0.2) is 5.76 Å². The Morgan fingerprint density at radius 2 is 1.47 bits per heavy atom. The Kier molecular flexibility index (Phi) is 6.29. The Bertz CT molecular complexity index is 197. The van der Waals surface area contributed by atoms with Crippen LogP contribution in [0.5, 0.6) is 0 Å². The lowest BCUT2D eigenvalue weighted by Crippen LogP contribution is -1.89. The van der Waals surface area contributed by atoms with Gasteiger partial charge in [-0.25, -0.2) is 0 Å². The second kappa shape index (κ2) is 7.61. The highest BCUT2D eigenvalue weighted by Crippen LogP contribution is 2.25. The van der Waals surface area contributed by atoms with Crippen molar-refractivity contribution in [2.45, 2.75) is 65.2 Å². The van der Waals surface area contributed by atoms with Gasteiger partial charge >= 0.3 is 5.95 Å². The smallest absolute Gasteiger partial charge is 0.324 e. The molecule has 0 atom stereocenters. The number of ether oxygens (including phenoxy) is 2.